The van der Waals surface area contributed by atoms with Crippen molar-refractivity contribution in [3.05, 3.63) is 34.9 Å². The molecular formula is C7H8ClO3P. The van der Waals surface area contributed by atoms with Crippen LogP contribution in [0, 0.1) is 0 Å². The smallest absolute Gasteiger partial charge is 0.200 e. The molecule has 3 N–H and O–H groups in total. The molecule has 0 radical (unpaired) electrons. The average Bonchev–Trinajstić information content (AvgIpc) is 2.04. The predicted molar refractivity (Wildman–Crippen MR) is 47.8 cm³/mol. The van der Waals surface area contributed by atoms with Crippen molar-refractivity contribution in [1.29, 1.82) is 0 Å². The van der Waals surface area contributed by atoms with E-state index < -0.39 is 14.2 Å². The normalized spacial score (nSPS) is 13.4. The van der Waals surface area contributed by atoms with Crippen molar-refractivity contribution in [2.45, 2.75) is 5.85 Å². The molecule has 12 heavy (non-hydrogen) atoms. The fourth-order valence-electron chi connectivity index (χ4n) is 0.809. The molecule has 0 bridgehead atoms. The van der Waals surface area contributed by atoms with Crippen molar-refractivity contribution >= 4 is 20.0 Å². The van der Waals surface area contributed by atoms with Gasteiger partial charge in [-0.25, -0.2) is 0 Å². The summed E-state index contributed by atoms with van der Waals surface area (Å²) in [7, 11) is -2.38. The third-order valence-electron chi connectivity index (χ3n) is 1.40. The Labute approximate surface area is 76.2 Å². The summed E-state index contributed by atoms with van der Waals surface area (Å²) in [6, 6.07) is 6.51. The van der Waals surface area contributed by atoms with Gasteiger partial charge in [0.05, 0.1) is 0 Å². The molecule has 0 aromatic heterocycles. The molecule has 0 saturated carbocycles. The molecule has 1 rings (SSSR count). The summed E-state index contributed by atoms with van der Waals surface area (Å²) in [5.41, 5.74) is 0.343. The molecular weight excluding hydrogens is 199 g/mol. The molecule has 0 heterocycles. The Bertz CT molecular complexity index is 267. The lowest BCUT2D eigenvalue weighted by atomic mass is 10.2. The summed E-state index contributed by atoms with van der Waals surface area (Å²) in [6.45, 7) is 0. The number of hydrogen-bond donors (Lipinski definition) is 3. The highest BCUT2D eigenvalue weighted by atomic mass is 35.5. The summed E-state index contributed by atoms with van der Waals surface area (Å²) in [5, 5.41) is 9.56. The Hall–Kier alpha value is -0.180. The largest absolute Gasteiger partial charge is 0.379 e. The quantitative estimate of drug-likeness (QED) is 0.645. The zero-order chi connectivity index (χ0) is 9.14. The van der Waals surface area contributed by atoms with E-state index >= 15 is 0 Å². The molecule has 1 atom stereocenters. The van der Waals surface area contributed by atoms with Gasteiger partial charge in [0, 0.05) is 10.6 Å². The van der Waals surface area contributed by atoms with Gasteiger partial charge in [0.15, 0.2) is 0 Å². The van der Waals surface area contributed by atoms with Crippen LogP contribution in [0.15, 0.2) is 24.3 Å². The van der Waals surface area contributed by atoms with Crippen molar-refractivity contribution in [3.8, 4) is 0 Å². The maximum Gasteiger partial charge on any atom is 0.200 e. The summed E-state index contributed by atoms with van der Waals surface area (Å²) in [4.78, 5) is 17.4. The standard InChI is InChI=1S/C7H8ClO3P/c8-6-4-2-1-3-5(6)7(9)12(10)11/h1-4,7,9-11H. The first-order valence-corrected chi connectivity index (χ1v) is 4.92. The number of aliphatic hydroxyl groups is 1. The van der Waals surface area contributed by atoms with E-state index in [0.29, 0.717) is 10.6 Å². The minimum atomic E-state index is -2.38. The Morgan fingerprint density at radius 1 is 1.25 bits per heavy atom. The van der Waals surface area contributed by atoms with Gasteiger partial charge >= 0.3 is 0 Å². The topological polar surface area (TPSA) is 60.7 Å². The Morgan fingerprint density at radius 3 is 2.33 bits per heavy atom. The van der Waals surface area contributed by atoms with E-state index in [4.69, 9.17) is 21.4 Å². The lowest BCUT2D eigenvalue weighted by Gasteiger charge is -2.12. The van der Waals surface area contributed by atoms with Gasteiger partial charge in [0.25, 0.3) is 0 Å². The minimum Gasteiger partial charge on any atom is -0.379 e. The van der Waals surface area contributed by atoms with Crippen LogP contribution in [0.25, 0.3) is 0 Å². The first kappa shape index (κ1) is 9.90. The minimum absolute atomic E-state index is 0.334. The van der Waals surface area contributed by atoms with Crippen LogP contribution in [0.4, 0.5) is 0 Å². The molecule has 1 unspecified atom stereocenters. The molecule has 0 amide bonds. The van der Waals surface area contributed by atoms with Gasteiger partial charge in [-0.2, -0.15) is 0 Å². The molecule has 3 nitrogen and oxygen atoms in total. The summed E-state index contributed by atoms with van der Waals surface area (Å²) in [5.74, 6) is -1.28. The van der Waals surface area contributed by atoms with Gasteiger partial charge in [-0.05, 0) is 6.07 Å². The maximum atomic E-state index is 9.22. The highest BCUT2D eigenvalue weighted by molar-refractivity contribution is 7.45. The van der Waals surface area contributed by atoms with E-state index in [1.165, 1.54) is 0 Å². The van der Waals surface area contributed by atoms with Gasteiger partial charge in [-0.3, -0.25) is 0 Å². The third-order valence-corrected chi connectivity index (χ3v) is 2.46. The second kappa shape index (κ2) is 4.17. The lowest BCUT2D eigenvalue weighted by Crippen LogP contribution is -1.95. The van der Waals surface area contributed by atoms with Crippen LogP contribution in [0.1, 0.15) is 11.4 Å². The predicted octanol–water partition coefficient (Wildman–Crippen LogP) is 1.63. The highest BCUT2D eigenvalue weighted by Crippen LogP contribution is 2.43. The van der Waals surface area contributed by atoms with Crippen molar-refractivity contribution in [3.63, 3.8) is 0 Å². The van der Waals surface area contributed by atoms with E-state index in [9.17, 15) is 5.11 Å². The van der Waals surface area contributed by atoms with Gasteiger partial charge in [-0.1, -0.05) is 29.8 Å². The van der Waals surface area contributed by atoms with Crippen LogP contribution in [-0.2, 0) is 0 Å². The second-order valence-corrected chi connectivity index (χ2v) is 3.75. The van der Waals surface area contributed by atoms with Crippen molar-refractivity contribution in [1.82, 2.24) is 0 Å². The van der Waals surface area contributed by atoms with Crippen LogP contribution in [0.5, 0.6) is 0 Å². The summed E-state index contributed by atoms with van der Waals surface area (Å²) in [6.07, 6.45) is 0. The second-order valence-electron chi connectivity index (χ2n) is 2.22. The van der Waals surface area contributed by atoms with E-state index in [0.717, 1.165) is 0 Å². The van der Waals surface area contributed by atoms with Crippen molar-refractivity contribution in [2.75, 3.05) is 0 Å². The fraction of sp³-hybridized carbons (Fsp3) is 0.143. The van der Waals surface area contributed by atoms with E-state index in [2.05, 4.69) is 0 Å². The number of hydrogen-bond acceptors (Lipinski definition) is 3. The zero-order valence-corrected chi connectivity index (χ0v) is 7.70. The molecule has 0 aliphatic heterocycles. The molecule has 0 saturated heterocycles. The average molecular weight is 207 g/mol. The summed E-state index contributed by atoms with van der Waals surface area (Å²) >= 11 is 5.69. The monoisotopic (exact) mass is 206 g/mol. The molecule has 5 heteroatoms. The maximum absolute atomic E-state index is 9.22. The van der Waals surface area contributed by atoms with Crippen LogP contribution in [0.2, 0.25) is 5.02 Å². The van der Waals surface area contributed by atoms with Gasteiger partial charge < -0.3 is 14.9 Å². The van der Waals surface area contributed by atoms with Crippen LogP contribution >= 0.6 is 20.0 Å². The van der Waals surface area contributed by atoms with E-state index in [-0.39, 0.29) is 0 Å². The Morgan fingerprint density at radius 2 is 1.83 bits per heavy atom. The van der Waals surface area contributed by atoms with Gasteiger partial charge in [-0.15, -0.1) is 0 Å². The first-order valence-electron chi connectivity index (χ1n) is 3.22. The SMILES string of the molecule is OC(c1ccccc1Cl)P(O)O. The van der Waals surface area contributed by atoms with Crippen LogP contribution in [0.3, 0.4) is 0 Å². The molecule has 0 spiro atoms. The van der Waals surface area contributed by atoms with Crippen molar-refractivity contribution in [2.24, 2.45) is 0 Å². The zero-order valence-electron chi connectivity index (χ0n) is 6.05. The molecule has 1 aromatic rings. The van der Waals surface area contributed by atoms with Crippen LogP contribution in [-0.4, -0.2) is 14.9 Å². The van der Waals surface area contributed by atoms with E-state index in [1.54, 1.807) is 24.3 Å². The number of benzene rings is 1. The molecule has 1 aromatic carbocycles. The molecule has 0 aliphatic rings. The Kier molecular flexibility index (Phi) is 3.44. The number of halogens is 1. The third kappa shape index (κ3) is 2.16. The van der Waals surface area contributed by atoms with Gasteiger partial charge in [0.1, 0.15) is 5.85 Å². The fourth-order valence-corrected chi connectivity index (χ4v) is 1.60. The van der Waals surface area contributed by atoms with Crippen LogP contribution < -0.4 is 0 Å². The molecule has 0 fully saturated rings. The number of rotatable bonds is 2. The van der Waals surface area contributed by atoms with Gasteiger partial charge in [0.2, 0.25) is 8.38 Å². The lowest BCUT2D eigenvalue weighted by molar-refractivity contribution is 0.233. The Balaban J connectivity index is 2.94. The molecule has 66 valence electrons. The summed E-state index contributed by atoms with van der Waals surface area (Å²) < 4.78 is 0. The highest BCUT2D eigenvalue weighted by Gasteiger charge is 2.18. The first-order chi connectivity index (χ1) is 5.63. The van der Waals surface area contributed by atoms with E-state index in [1.807, 2.05) is 0 Å². The van der Waals surface area contributed by atoms with Crippen molar-refractivity contribution < 1.29 is 14.9 Å². The number of aliphatic hydroxyl groups excluding tert-OH is 1. The molecule has 0 aliphatic carbocycles.